The summed E-state index contributed by atoms with van der Waals surface area (Å²) in [6.45, 7) is 0. The molecule has 18 heavy (non-hydrogen) atoms. The van der Waals surface area contributed by atoms with E-state index in [1.165, 1.54) is 11.8 Å². The van der Waals surface area contributed by atoms with Gasteiger partial charge < -0.3 is 15.6 Å². The first-order valence-electron chi connectivity index (χ1n) is 5.63. The molecule has 3 N–H and O–H groups in total. The lowest BCUT2D eigenvalue weighted by molar-refractivity contribution is -0.148. The third-order valence-corrected chi connectivity index (χ3v) is 4.50. The molecule has 0 aliphatic carbocycles. The van der Waals surface area contributed by atoms with Crippen molar-refractivity contribution in [3.8, 4) is 0 Å². The van der Waals surface area contributed by atoms with E-state index in [-0.39, 0.29) is 6.10 Å². The molecule has 1 aromatic carbocycles. The summed E-state index contributed by atoms with van der Waals surface area (Å²) in [5.74, 6) is -0.225. The number of hydrogen-bond donors (Lipinski definition) is 2. The van der Waals surface area contributed by atoms with Gasteiger partial charge in [0.25, 0.3) is 0 Å². The van der Waals surface area contributed by atoms with Crippen molar-refractivity contribution in [1.82, 2.24) is 0 Å². The minimum atomic E-state index is -0.889. The summed E-state index contributed by atoms with van der Waals surface area (Å²) < 4.78 is 5.42. The van der Waals surface area contributed by atoms with Gasteiger partial charge in [-0.3, -0.25) is 0 Å². The van der Waals surface area contributed by atoms with Gasteiger partial charge >= 0.3 is 5.97 Å². The molecule has 2 rings (SSSR count). The summed E-state index contributed by atoms with van der Waals surface area (Å²) in [6, 6.07) is 5.38. The number of carboxylic acid groups (broad SMARTS) is 1. The van der Waals surface area contributed by atoms with Gasteiger partial charge in [0, 0.05) is 16.3 Å². The van der Waals surface area contributed by atoms with Gasteiger partial charge in [0.15, 0.2) is 6.10 Å². The highest BCUT2D eigenvalue weighted by Crippen LogP contribution is 2.34. The number of thioether (sulfide) groups is 1. The van der Waals surface area contributed by atoms with Crippen LogP contribution in [0.15, 0.2) is 23.1 Å². The normalized spacial score (nSPS) is 23.2. The molecule has 2 unspecified atom stereocenters. The Labute approximate surface area is 114 Å². The van der Waals surface area contributed by atoms with E-state index in [9.17, 15) is 4.79 Å². The number of hydrogen-bond acceptors (Lipinski definition) is 4. The van der Waals surface area contributed by atoms with Crippen LogP contribution in [0.25, 0.3) is 0 Å². The van der Waals surface area contributed by atoms with Gasteiger partial charge in [-0.15, -0.1) is 11.8 Å². The van der Waals surface area contributed by atoms with Crippen LogP contribution in [-0.2, 0) is 9.53 Å². The van der Waals surface area contributed by atoms with Gasteiger partial charge in [-0.2, -0.15) is 0 Å². The van der Waals surface area contributed by atoms with Crippen LogP contribution in [0.5, 0.6) is 0 Å². The molecule has 0 bridgehead atoms. The molecule has 1 aromatic rings. The standard InChI is InChI=1S/C12H14ClNO3S/c13-8-2-1-3-9(14)11(8)18-6-7-4-5-10(17-7)12(15)16/h1-3,7,10H,4-6,14H2,(H,15,16). The van der Waals surface area contributed by atoms with E-state index in [4.69, 9.17) is 27.2 Å². The molecule has 1 heterocycles. The lowest BCUT2D eigenvalue weighted by Gasteiger charge is -2.12. The van der Waals surface area contributed by atoms with E-state index in [0.717, 1.165) is 11.3 Å². The predicted octanol–water partition coefficient (Wildman–Crippen LogP) is 2.65. The Balaban J connectivity index is 1.91. The highest BCUT2D eigenvalue weighted by molar-refractivity contribution is 7.99. The molecule has 0 aromatic heterocycles. The van der Waals surface area contributed by atoms with E-state index >= 15 is 0 Å². The number of aliphatic carboxylic acids is 1. The molecule has 0 spiro atoms. The SMILES string of the molecule is Nc1cccc(Cl)c1SCC1CCC(C(=O)O)O1. The molecule has 0 saturated carbocycles. The maximum atomic E-state index is 10.8. The highest BCUT2D eigenvalue weighted by atomic mass is 35.5. The molecular formula is C12H14ClNO3S. The van der Waals surface area contributed by atoms with Crippen LogP contribution in [-0.4, -0.2) is 29.0 Å². The average Bonchev–Trinajstić information content (AvgIpc) is 2.77. The van der Waals surface area contributed by atoms with Crippen LogP contribution in [0.1, 0.15) is 12.8 Å². The fourth-order valence-electron chi connectivity index (χ4n) is 1.86. The van der Waals surface area contributed by atoms with E-state index < -0.39 is 12.1 Å². The van der Waals surface area contributed by atoms with Crippen LogP contribution in [0, 0.1) is 0 Å². The Hall–Kier alpha value is -0.910. The quantitative estimate of drug-likeness (QED) is 0.658. The maximum Gasteiger partial charge on any atom is 0.332 e. The summed E-state index contributed by atoms with van der Waals surface area (Å²) in [7, 11) is 0. The molecule has 0 radical (unpaired) electrons. The monoisotopic (exact) mass is 287 g/mol. The van der Waals surface area contributed by atoms with Gasteiger partial charge in [0.2, 0.25) is 0 Å². The maximum absolute atomic E-state index is 10.8. The number of ether oxygens (including phenoxy) is 1. The number of carbonyl (C=O) groups is 1. The zero-order valence-corrected chi connectivity index (χ0v) is 11.2. The Bertz CT molecular complexity index is 435. The number of carboxylic acids is 1. The Morgan fingerprint density at radius 1 is 1.56 bits per heavy atom. The molecular weight excluding hydrogens is 274 g/mol. The van der Waals surface area contributed by atoms with Gasteiger partial charge in [-0.25, -0.2) is 4.79 Å². The second kappa shape index (κ2) is 5.82. The van der Waals surface area contributed by atoms with Crippen molar-refractivity contribution in [2.24, 2.45) is 0 Å². The molecule has 2 atom stereocenters. The van der Waals surface area contributed by atoms with Crippen molar-refractivity contribution >= 4 is 35.0 Å². The lowest BCUT2D eigenvalue weighted by Crippen LogP contribution is -2.21. The average molecular weight is 288 g/mol. The smallest absolute Gasteiger partial charge is 0.332 e. The zero-order chi connectivity index (χ0) is 13.1. The van der Waals surface area contributed by atoms with Crippen molar-refractivity contribution in [3.63, 3.8) is 0 Å². The zero-order valence-electron chi connectivity index (χ0n) is 9.64. The van der Waals surface area contributed by atoms with Crippen molar-refractivity contribution < 1.29 is 14.6 Å². The lowest BCUT2D eigenvalue weighted by atomic mass is 10.2. The molecule has 98 valence electrons. The van der Waals surface area contributed by atoms with Crippen molar-refractivity contribution in [3.05, 3.63) is 23.2 Å². The fraction of sp³-hybridized carbons (Fsp3) is 0.417. The van der Waals surface area contributed by atoms with E-state index in [2.05, 4.69) is 0 Å². The number of anilines is 1. The van der Waals surface area contributed by atoms with Crippen LogP contribution in [0.2, 0.25) is 5.02 Å². The molecule has 1 saturated heterocycles. The fourth-order valence-corrected chi connectivity index (χ4v) is 3.25. The van der Waals surface area contributed by atoms with Crippen molar-refractivity contribution in [2.45, 2.75) is 29.9 Å². The van der Waals surface area contributed by atoms with Gasteiger partial charge in [-0.1, -0.05) is 17.7 Å². The van der Waals surface area contributed by atoms with Gasteiger partial charge in [-0.05, 0) is 25.0 Å². The van der Waals surface area contributed by atoms with Crippen LogP contribution >= 0.6 is 23.4 Å². The molecule has 1 aliphatic rings. The first kappa shape index (κ1) is 13.5. The third kappa shape index (κ3) is 3.10. The van der Waals surface area contributed by atoms with Crippen molar-refractivity contribution in [2.75, 3.05) is 11.5 Å². The summed E-state index contributed by atoms with van der Waals surface area (Å²) in [6.07, 6.45) is 0.610. The van der Waals surface area contributed by atoms with Crippen LogP contribution < -0.4 is 5.73 Å². The first-order valence-corrected chi connectivity index (χ1v) is 6.99. The van der Waals surface area contributed by atoms with Crippen LogP contribution in [0.4, 0.5) is 5.69 Å². The van der Waals surface area contributed by atoms with E-state index in [0.29, 0.717) is 22.9 Å². The van der Waals surface area contributed by atoms with Crippen LogP contribution in [0.3, 0.4) is 0 Å². The van der Waals surface area contributed by atoms with E-state index in [1.807, 2.05) is 0 Å². The highest BCUT2D eigenvalue weighted by Gasteiger charge is 2.30. The number of nitrogens with two attached hydrogens (primary N) is 1. The van der Waals surface area contributed by atoms with Gasteiger partial charge in [0.1, 0.15) is 0 Å². The second-order valence-corrected chi connectivity index (χ2v) is 5.57. The first-order chi connectivity index (χ1) is 8.58. The molecule has 1 fully saturated rings. The largest absolute Gasteiger partial charge is 0.479 e. The summed E-state index contributed by atoms with van der Waals surface area (Å²) in [5, 5.41) is 9.45. The minimum absolute atomic E-state index is 0.0493. The summed E-state index contributed by atoms with van der Waals surface area (Å²) in [5.41, 5.74) is 6.48. The molecule has 0 amide bonds. The predicted molar refractivity (Wildman–Crippen MR) is 72.1 cm³/mol. The van der Waals surface area contributed by atoms with Crippen molar-refractivity contribution in [1.29, 1.82) is 0 Å². The number of halogens is 1. The molecule has 1 aliphatic heterocycles. The minimum Gasteiger partial charge on any atom is -0.479 e. The topological polar surface area (TPSA) is 72.6 Å². The molecule has 6 heteroatoms. The Kier molecular flexibility index (Phi) is 4.37. The Morgan fingerprint density at radius 2 is 2.33 bits per heavy atom. The Morgan fingerprint density at radius 3 is 2.94 bits per heavy atom. The summed E-state index contributed by atoms with van der Waals surface area (Å²) in [4.78, 5) is 11.6. The second-order valence-electron chi connectivity index (χ2n) is 4.13. The van der Waals surface area contributed by atoms with E-state index in [1.54, 1.807) is 18.2 Å². The number of nitrogen functional groups attached to an aromatic ring is 1. The van der Waals surface area contributed by atoms with Gasteiger partial charge in [0.05, 0.1) is 11.1 Å². The number of benzene rings is 1. The third-order valence-electron chi connectivity index (χ3n) is 2.79. The number of rotatable bonds is 4. The summed E-state index contributed by atoms with van der Waals surface area (Å²) >= 11 is 7.57. The molecule has 4 nitrogen and oxygen atoms in total.